The maximum absolute atomic E-state index is 5.36. The van der Waals surface area contributed by atoms with Crippen LogP contribution in [-0.4, -0.2) is 12.4 Å². The largest absolute Gasteiger partial charge is 0.371 e. The van der Waals surface area contributed by atoms with E-state index in [9.17, 15) is 0 Å². The zero-order chi connectivity index (χ0) is 24.9. The van der Waals surface area contributed by atoms with Crippen molar-refractivity contribution in [1.29, 1.82) is 0 Å². The Labute approximate surface area is 220 Å². The van der Waals surface area contributed by atoms with Crippen LogP contribution < -0.4 is 21.2 Å². The van der Waals surface area contributed by atoms with Crippen LogP contribution in [-0.2, 0) is 0 Å². The van der Waals surface area contributed by atoms with Crippen LogP contribution in [0.3, 0.4) is 0 Å². The Morgan fingerprint density at radius 2 is 1.03 bits per heavy atom. The molecule has 0 bridgehead atoms. The Bertz CT molecular complexity index is 1390. The summed E-state index contributed by atoms with van der Waals surface area (Å²) in [6.45, 7) is 0.801. The highest BCUT2D eigenvalue weighted by molar-refractivity contribution is 7.79. The van der Waals surface area contributed by atoms with Gasteiger partial charge in [-0.15, -0.1) is 0 Å². The highest BCUT2D eigenvalue weighted by Crippen LogP contribution is 2.37. The lowest BCUT2D eigenvalue weighted by molar-refractivity contribution is 0.755. The molecule has 5 aromatic rings. The lowest BCUT2D eigenvalue weighted by Crippen LogP contribution is -2.27. The van der Waals surface area contributed by atoms with E-state index in [0.29, 0.717) is 0 Å². The first-order valence-electron chi connectivity index (χ1n) is 12.8. The van der Waals surface area contributed by atoms with Crippen molar-refractivity contribution < 1.29 is 0 Å². The number of benzene rings is 5. The fraction of sp³-hybridized carbons (Fsp3) is 0.0882. The minimum Gasteiger partial charge on any atom is -0.371 e. The summed E-state index contributed by atoms with van der Waals surface area (Å²) in [5.41, 5.74) is 3.82. The van der Waals surface area contributed by atoms with Crippen LogP contribution in [0.5, 0.6) is 0 Å². The van der Waals surface area contributed by atoms with Gasteiger partial charge in [0.05, 0.1) is 12.0 Å². The van der Waals surface area contributed by atoms with Crippen LogP contribution >= 0.6 is 7.92 Å². The van der Waals surface area contributed by atoms with Gasteiger partial charge in [-0.1, -0.05) is 146 Å². The minimum atomic E-state index is -0.697. The maximum Gasteiger partial charge on any atom is 0.109 e. The van der Waals surface area contributed by atoms with Gasteiger partial charge in [-0.05, 0) is 40.5 Å². The third kappa shape index (κ3) is 4.99. The maximum atomic E-state index is 5.36. The lowest BCUT2D eigenvalue weighted by atomic mass is 9.90. The highest BCUT2D eigenvalue weighted by atomic mass is 31.1. The Morgan fingerprint density at radius 1 is 0.568 bits per heavy atom. The molecule has 37 heavy (non-hydrogen) atoms. The van der Waals surface area contributed by atoms with Crippen LogP contribution in [0.15, 0.2) is 151 Å². The van der Waals surface area contributed by atoms with Gasteiger partial charge in [0.2, 0.25) is 0 Å². The third-order valence-corrected chi connectivity index (χ3v) is 9.39. The molecule has 1 atom stereocenters. The van der Waals surface area contributed by atoms with E-state index in [0.717, 1.165) is 12.4 Å². The monoisotopic (exact) mass is 496 g/mol. The third-order valence-electron chi connectivity index (χ3n) is 6.88. The first-order chi connectivity index (χ1) is 18.4. The summed E-state index contributed by atoms with van der Waals surface area (Å²) in [5.74, 6) is 1.13. The summed E-state index contributed by atoms with van der Waals surface area (Å²) in [5, 5.41) is 7.80. The second kappa shape index (κ2) is 10.9. The lowest BCUT2D eigenvalue weighted by Gasteiger charge is -2.23. The van der Waals surface area contributed by atoms with E-state index in [2.05, 4.69) is 151 Å². The summed E-state index contributed by atoms with van der Waals surface area (Å²) in [7, 11) is -0.697. The van der Waals surface area contributed by atoms with Gasteiger partial charge in [0.15, 0.2) is 0 Å². The molecule has 0 aromatic heterocycles. The molecule has 1 heterocycles. The molecule has 0 aliphatic carbocycles. The molecule has 1 N–H and O–H groups in total. The molecule has 0 amide bonds. The van der Waals surface area contributed by atoms with E-state index < -0.39 is 7.92 Å². The number of hydrogen-bond acceptors (Lipinski definition) is 2. The SMILES string of the molecule is c1ccc(C(C2=N[C@@H](c3ccccc3P(c3ccccc3)c3ccccc3)CN2)c2ccccc2)cc1. The number of aliphatic imine (C=N–C) groups is 1. The zero-order valence-corrected chi connectivity index (χ0v) is 21.5. The van der Waals surface area contributed by atoms with Crippen LogP contribution in [0.4, 0.5) is 0 Å². The van der Waals surface area contributed by atoms with Crippen LogP contribution in [0.25, 0.3) is 0 Å². The fourth-order valence-electron chi connectivity index (χ4n) is 5.17. The van der Waals surface area contributed by atoms with Crippen molar-refractivity contribution in [1.82, 2.24) is 5.32 Å². The van der Waals surface area contributed by atoms with Crippen LogP contribution in [0.2, 0.25) is 0 Å². The van der Waals surface area contributed by atoms with Gasteiger partial charge in [0.25, 0.3) is 0 Å². The Hall–Kier alpha value is -4.00. The van der Waals surface area contributed by atoms with Gasteiger partial charge in [-0.25, -0.2) is 0 Å². The number of amidine groups is 1. The van der Waals surface area contributed by atoms with Crippen molar-refractivity contribution in [3.8, 4) is 0 Å². The van der Waals surface area contributed by atoms with Crippen LogP contribution in [0.1, 0.15) is 28.7 Å². The molecule has 0 fully saturated rings. The summed E-state index contributed by atoms with van der Waals surface area (Å²) in [6, 6.07) is 52.2. The van der Waals surface area contributed by atoms with E-state index in [1.165, 1.54) is 32.6 Å². The number of nitrogens with zero attached hydrogens (tertiary/aromatic N) is 1. The van der Waals surface area contributed by atoms with Gasteiger partial charge in [0, 0.05) is 6.54 Å². The number of rotatable bonds is 7. The van der Waals surface area contributed by atoms with Crippen molar-refractivity contribution in [2.75, 3.05) is 6.54 Å². The Kier molecular flexibility index (Phi) is 6.92. The number of hydrogen-bond donors (Lipinski definition) is 1. The molecule has 180 valence electrons. The average molecular weight is 497 g/mol. The molecule has 5 aromatic carbocycles. The molecule has 0 unspecified atom stereocenters. The molecular weight excluding hydrogens is 467 g/mol. The van der Waals surface area contributed by atoms with Crippen LogP contribution in [0, 0.1) is 0 Å². The van der Waals surface area contributed by atoms with Crippen molar-refractivity contribution in [3.63, 3.8) is 0 Å². The molecule has 1 aliphatic heterocycles. The van der Waals surface area contributed by atoms with Crippen molar-refractivity contribution in [3.05, 3.63) is 162 Å². The predicted molar refractivity (Wildman–Crippen MR) is 158 cm³/mol. The Morgan fingerprint density at radius 3 is 1.57 bits per heavy atom. The molecule has 0 saturated carbocycles. The molecule has 1 aliphatic rings. The quantitative estimate of drug-likeness (QED) is 0.262. The summed E-state index contributed by atoms with van der Waals surface area (Å²) in [6.07, 6.45) is 0. The van der Waals surface area contributed by atoms with E-state index >= 15 is 0 Å². The van der Waals surface area contributed by atoms with E-state index in [-0.39, 0.29) is 12.0 Å². The molecule has 6 rings (SSSR count). The van der Waals surface area contributed by atoms with E-state index in [1.807, 2.05) is 0 Å². The number of nitrogens with one attached hydrogen (secondary N) is 1. The smallest absolute Gasteiger partial charge is 0.109 e. The van der Waals surface area contributed by atoms with Gasteiger partial charge in [-0.2, -0.15) is 0 Å². The molecule has 0 radical (unpaired) electrons. The van der Waals surface area contributed by atoms with Crippen molar-refractivity contribution >= 4 is 29.7 Å². The van der Waals surface area contributed by atoms with Gasteiger partial charge in [0.1, 0.15) is 5.84 Å². The Balaban J connectivity index is 1.43. The zero-order valence-electron chi connectivity index (χ0n) is 20.6. The molecule has 3 heteroatoms. The molecule has 0 spiro atoms. The molecule has 0 saturated heterocycles. The first kappa shape index (κ1) is 23.4. The molecule has 2 nitrogen and oxygen atoms in total. The first-order valence-corrected chi connectivity index (χ1v) is 14.1. The summed E-state index contributed by atoms with van der Waals surface area (Å²) >= 11 is 0. The minimum absolute atomic E-state index is 0.0681. The fourth-order valence-corrected chi connectivity index (χ4v) is 7.68. The average Bonchev–Trinajstić information content (AvgIpc) is 3.45. The predicted octanol–water partition coefficient (Wildman–Crippen LogP) is 6.32. The van der Waals surface area contributed by atoms with E-state index in [4.69, 9.17) is 4.99 Å². The van der Waals surface area contributed by atoms with Gasteiger partial charge in [-0.3, -0.25) is 4.99 Å². The van der Waals surface area contributed by atoms with Crippen molar-refractivity contribution in [2.45, 2.75) is 12.0 Å². The second-order valence-electron chi connectivity index (χ2n) is 9.23. The molecular formula is C34H29N2P. The standard InChI is InChI=1S/C34H29N2P/c1-5-15-26(16-6-1)33(27-17-7-2-8-18-27)34-35-25-31(36-34)30-23-13-14-24-32(30)37(28-19-9-3-10-20-28)29-21-11-4-12-22-29/h1-24,31,33H,25H2,(H,35,36)/t31-/m1/s1. The van der Waals surface area contributed by atoms with Crippen molar-refractivity contribution in [2.24, 2.45) is 4.99 Å². The van der Waals surface area contributed by atoms with Gasteiger partial charge < -0.3 is 5.32 Å². The second-order valence-corrected chi connectivity index (χ2v) is 11.4. The van der Waals surface area contributed by atoms with E-state index in [1.54, 1.807) is 0 Å². The van der Waals surface area contributed by atoms with Gasteiger partial charge >= 0.3 is 0 Å². The summed E-state index contributed by atoms with van der Waals surface area (Å²) in [4.78, 5) is 5.36. The topological polar surface area (TPSA) is 24.4 Å². The summed E-state index contributed by atoms with van der Waals surface area (Å²) < 4.78 is 0. The highest BCUT2D eigenvalue weighted by Gasteiger charge is 2.30. The normalized spacial score (nSPS) is 15.0.